The van der Waals surface area contributed by atoms with E-state index in [4.69, 9.17) is 26.8 Å². The zero-order valence-corrected chi connectivity index (χ0v) is 38.3. The Morgan fingerprint density at radius 2 is 1.75 bits per heavy atom. The third kappa shape index (κ3) is 10.2. The number of hydrogen-bond donors (Lipinski definition) is 4. The van der Waals surface area contributed by atoms with Crippen LogP contribution in [0, 0.1) is 11.8 Å². The molecule has 2 amide bonds. The number of primary amides is 1. The number of aromatic nitrogens is 2. The van der Waals surface area contributed by atoms with Gasteiger partial charge < -0.3 is 30.9 Å². The van der Waals surface area contributed by atoms with E-state index in [0.717, 1.165) is 66.0 Å². The summed E-state index contributed by atoms with van der Waals surface area (Å²) in [5.41, 5.74) is 12.6. The lowest BCUT2D eigenvalue weighted by Gasteiger charge is -2.47. The summed E-state index contributed by atoms with van der Waals surface area (Å²) >= 11 is 6.32. The Morgan fingerprint density at radius 1 is 0.938 bits per heavy atom. The molecule has 2 aromatic heterocycles. The van der Waals surface area contributed by atoms with Crippen molar-refractivity contribution in [3.05, 3.63) is 136 Å². The number of pyridine rings is 2. The van der Waals surface area contributed by atoms with Crippen LogP contribution in [-0.4, -0.2) is 51.6 Å². The zero-order chi connectivity index (χ0) is 45.7. The lowest BCUT2D eigenvalue weighted by Crippen LogP contribution is -2.53. The molecule has 65 heavy (non-hydrogen) atoms. The SMILES string of the molecule is C[C@@H](COc1ccnc2c1[C@H](C)CCC2)CC1Cc2ccc(OCCCC(=O)N[C@H](C)c3cccc(-c4ccc(C(N)=O)nc4)c3)cc2C12CCC(Nc1cccc(Cl)c1)(C(=O)O)CC2. The lowest BCUT2D eigenvalue weighted by molar-refractivity contribution is -0.144. The molecule has 1 fully saturated rings. The van der Waals surface area contributed by atoms with Gasteiger partial charge >= 0.3 is 5.97 Å². The first-order valence-corrected chi connectivity index (χ1v) is 23.5. The minimum absolute atomic E-state index is 0.0679. The predicted octanol–water partition coefficient (Wildman–Crippen LogP) is 10.4. The van der Waals surface area contributed by atoms with Gasteiger partial charge in [-0.3, -0.25) is 19.6 Å². The van der Waals surface area contributed by atoms with Gasteiger partial charge in [-0.25, -0.2) is 4.79 Å². The number of nitrogens with zero attached hydrogens (tertiary/aromatic N) is 2. The summed E-state index contributed by atoms with van der Waals surface area (Å²) in [5, 5.41) is 17.8. The number of carboxylic acid groups (broad SMARTS) is 1. The molecule has 1 spiro atoms. The van der Waals surface area contributed by atoms with Gasteiger partial charge in [0.2, 0.25) is 5.91 Å². The van der Waals surface area contributed by atoms with E-state index in [-0.39, 0.29) is 29.0 Å². The van der Waals surface area contributed by atoms with Gasteiger partial charge in [0, 0.05) is 46.3 Å². The van der Waals surface area contributed by atoms with E-state index in [1.54, 1.807) is 24.4 Å². The molecule has 3 aromatic carbocycles. The molecule has 2 heterocycles. The van der Waals surface area contributed by atoms with E-state index >= 15 is 0 Å². The molecule has 4 atom stereocenters. The minimum Gasteiger partial charge on any atom is -0.494 e. The Labute approximate surface area is 386 Å². The van der Waals surface area contributed by atoms with Crippen LogP contribution >= 0.6 is 11.6 Å². The number of rotatable bonds is 17. The van der Waals surface area contributed by atoms with Gasteiger partial charge in [-0.15, -0.1) is 0 Å². The van der Waals surface area contributed by atoms with Crippen molar-refractivity contribution in [2.45, 2.75) is 114 Å². The molecule has 12 heteroatoms. The summed E-state index contributed by atoms with van der Waals surface area (Å²) in [4.78, 5) is 46.5. The van der Waals surface area contributed by atoms with E-state index in [1.165, 1.54) is 16.7 Å². The van der Waals surface area contributed by atoms with E-state index in [1.807, 2.05) is 67.7 Å². The van der Waals surface area contributed by atoms with Crippen molar-refractivity contribution < 1.29 is 29.0 Å². The van der Waals surface area contributed by atoms with Crippen LogP contribution in [0.2, 0.25) is 5.02 Å². The normalized spacial score (nSPS) is 22.0. The number of carbonyl (C=O) groups excluding carboxylic acids is 2. The summed E-state index contributed by atoms with van der Waals surface area (Å²) in [6, 6.07) is 26.8. The summed E-state index contributed by atoms with van der Waals surface area (Å²) in [5.74, 6) is 1.20. The van der Waals surface area contributed by atoms with Crippen LogP contribution in [0.15, 0.2) is 97.3 Å². The van der Waals surface area contributed by atoms with Crippen LogP contribution in [-0.2, 0) is 27.8 Å². The van der Waals surface area contributed by atoms with Crippen molar-refractivity contribution in [1.82, 2.24) is 15.3 Å². The lowest BCUT2D eigenvalue weighted by atomic mass is 9.59. The standard InChI is InChI=1S/C53H60ClN5O6/c1-33(32-65-47-19-24-56-45-13-4-8-34(2)49(45)47)26-40-28-38-15-17-43(30-44(38)52(40)20-22-53(23-21-52,51(62)63)59-42-12-6-11-41(54)29-42)64-25-7-14-48(60)58-35(3)36-9-5-10-37(27-36)39-16-18-46(50(55)61)57-31-39/h5-6,9-12,15-19,24,27,29-31,33-35,40,59H,4,7-8,13-14,20-23,25-26,28,32H2,1-3H3,(H2,55,61)(H,58,60)(H,62,63)/t33-,34-,35-,40?,52?,53?/m1/s1. The zero-order valence-electron chi connectivity index (χ0n) is 37.6. The highest BCUT2D eigenvalue weighted by Gasteiger charge is 2.54. The summed E-state index contributed by atoms with van der Waals surface area (Å²) in [7, 11) is 0. The Balaban J connectivity index is 0.925. The number of fused-ring (bicyclic) bond motifs is 3. The molecule has 0 aliphatic heterocycles. The molecule has 0 bridgehead atoms. The van der Waals surface area contributed by atoms with Crippen molar-refractivity contribution in [1.29, 1.82) is 0 Å². The van der Waals surface area contributed by atoms with Gasteiger partial charge in [0.15, 0.2) is 0 Å². The van der Waals surface area contributed by atoms with Crippen LogP contribution < -0.4 is 25.8 Å². The molecule has 1 saturated carbocycles. The van der Waals surface area contributed by atoms with Crippen LogP contribution in [0.25, 0.3) is 11.1 Å². The van der Waals surface area contributed by atoms with Crippen molar-refractivity contribution in [2.24, 2.45) is 17.6 Å². The van der Waals surface area contributed by atoms with Crippen LogP contribution in [0.3, 0.4) is 0 Å². The van der Waals surface area contributed by atoms with Gasteiger partial charge in [-0.05, 0) is 165 Å². The highest BCUT2D eigenvalue weighted by Crippen LogP contribution is 2.57. The number of ether oxygens (including phenoxy) is 2. The maximum Gasteiger partial charge on any atom is 0.329 e. The van der Waals surface area contributed by atoms with E-state index in [0.29, 0.717) is 74.3 Å². The number of benzene rings is 3. The van der Waals surface area contributed by atoms with Gasteiger partial charge in [-0.1, -0.05) is 61.8 Å². The Hall–Kier alpha value is -5.94. The maximum atomic E-state index is 13.1. The average Bonchev–Trinajstić information content (AvgIpc) is 3.58. The van der Waals surface area contributed by atoms with E-state index in [9.17, 15) is 19.5 Å². The molecule has 3 aliphatic carbocycles. The number of hydrogen-bond acceptors (Lipinski definition) is 8. The second kappa shape index (κ2) is 19.7. The first-order valence-electron chi connectivity index (χ1n) is 23.1. The quantitative estimate of drug-likeness (QED) is 0.0665. The molecule has 5 aromatic rings. The molecule has 3 aliphatic rings. The average molecular weight is 899 g/mol. The highest BCUT2D eigenvalue weighted by atomic mass is 35.5. The minimum atomic E-state index is -1.12. The number of carboxylic acids is 1. The Bertz CT molecular complexity index is 2520. The molecule has 340 valence electrons. The van der Waals surface area contributed by atoms with Gasteiger partial charge in [0.05, 0.1) is 19.3 Å². The van der Waals surface area contributed by atoms with Gasteiger partial charge in [-0.2, -0.15) is 0 Å². The number of amides is 2. The van der Waals surface area contributed by atoms with E-state index < -0.39 is 17.4 Å². The number of aliphatic carboxylic acids is 1. The topological polar surface area (TPSA) is 166 Å². The van der Waals surface area contributed by atoms with Crippen molar-refractivity contribution in [3.8, 4) is 22.6 Å². The third-order valence-corrected chi connectivity index (χ3v) is 14.4. The summed E-state index contributed by atoms with van der Waals surface area (Å²) in [6.07, 6.45) is 11.8. The first-order chi connectivity index (χ1) is 31.3. The fraction of sp³-hybridized carbons (Fsp3) is 0.415. The van der Waals surface area contributed by atoms with E-state index in [2.05, 4.69) is 46.6 Å². The van der Waals surface area contributed by atoms with Crippen LogP contribution in [0.5, 0.6) is 11.5 Å². The number of anilines is 1. The fourth-order valence-corrected chi connectivity index (χ4v) is 10.9. The molecule has 1 unspecified atom stereocenters. The molecular weight excluding hydrogens is 838 g/mol. The third-order valence-electron chi connectivity index (χ3n) is 14.2. The molecule has 0 saturated heterocycles. The maximum absolute atomic E-state index is 13.1. The number of carbonyl (C=O) groups is 3. The molecule has 11 nitrogen and oxygen atoms in total. The van der Waals surface area contributed by atoms with Crippen molar-refractivity contribution in [2.75, 3.05) is 18.5 Å². The van der Waals surface area contributed by atoms with Crippen LogP contribution in [0.4, 0.5) is 5.69 Å². The Kier molecular flexibility index (Phi) is 13.8. The molecule has 0 radical (unpaired) electrons. The number of nitrogens with one attached hydrogen (secondary N) is 2. The van der Waals surface area contributed by atoms with Crippen molar-refractivity contribution in [3.63, 3.8) is 0 Å². The second-order valence-electron chi connectivity index (χ2n) is 18.7. The molecule has 8 rings (SSSR count). The van der Waals surface area contributed by atoms with Crippen LogP contribution in [0.1, 0.15) is 129 Å². The fourth-order valence-electron chi connectivity index (χ4n) is 10.7. The monoisotopic (exact) mass is 897 g/mol. The van der Waals surface area contributed by atoms with Crippen molar-refractivity contribution >= 4 is 35.1 Å². The largest absolute Gasteiger partial charge is 0.494 e. The first kappa shape index (κ1) is 45.6. The summed E-state index contributed by atoms with van der Waals surface area (Å²) < 4.78 is 13.0. The number of halogens is 1. The highest BCUT2D eigenvalue weighted by molar-refractivity contribution is 6.30. The predicted molar refractivity (Wildman–Crippen MR) is 254 cm³/mol. The van der Waals surface area contributed by atoms with Gasteiger partial charge in [0.25, 0.3) is 5.91 Å². The molecule has 5 N–H and O–H groups in total. The summed E-state index contributed by atoms with van der Waals surface area (Å²) in [6.45, 7) is 7.47. The number of aryl methyl sites for hydroxylation is 1. The smallest absolute Gasteiger partial charge is 0.329 e. The number of nitrogens with two attached hydrogens (primary N) is 1. The molecular formula is C53H60ClN5O6. The second-order valence-corrected chi connectivity index (χ2v) is 19.1. The van der Waals surface area contributed by atoms with Gasteiger partial charge in [0.1, 0.15) is 22.7 Å². The Morgan fingerprint density at radius 3 is 2.51 bits per heavy atom.